The molecule has 0 saturated carbocycles. The van der Waals surface area contributed by atoms with E-state index in [9.17, 15) is 14.7 Å². The highest BCUT2D eigenvalue weighted by Gasteiger charge is 2.51. The van der Waals surface area contributed by atoms with Gasteiger partial charge in [-0.25, -0.2) is 0 Å². The Morgan fingerprint density at radius 2 is 1.71 bits per heavy atom. The minimum absolute atomic E-state index is 0.0326. The number of benzene rings is 3. The standard InChI is InChI=1S/C37H46N2O5Si/c1-25-33(18-11-26-9-12-29(13-10-26)38-20-19-35(38)41)44-34(37(25)45(3,4)32-16-14-31(43-2)15-17-32)22-36(42)39-23-28-8-6-5-7-27(28)21-30(39)24-40/h5-10,12-17,25,30,33-34,37,40H,11,18-24H2,1-4H3/t25-,30+,33+,34-,37+/m1/s1. The molecule has 0 unspecified atom stereocenters. The molecule has 8 heteroatoms. The third kappa shape index (κ3) is 6.33. The number of fused-ring (bicyclic) bond motifs is 1. The molecule has 3 heterocycles. The third-order valence-electron chi connectivity index (χ3n) is 10.6. The SMILES string of the molecule is COc1ccc([Si](C)(C)[C@H]2[C@H](C)[C@H](CCc3ccc(N4CCC4=O)cc3)O[C@@H]2CC(=O)N2Cc3ccccc3C[C@H]2CO)cc1. The Hall–Kier alpha value is -3.46. The molecule has 45 heavy (non-hydrogen) atoms. The maximum Gasteiger partial charge on any atom is 0.228 e. The normalized spacial score (nSPS) is 24.7. The summed E-state index contributed by atoms with van der Waals surface area (Å²) in [4.78, 5) is 29.6. The van der Waals surface area contributed by atoms with Crippen LogP contribution >= 0.6 is 0 Å². The molecule has 2 amide bonds. The lowest BCUT2D eigenvalue weighted by molar-refractivity contribution is -0.138. The van der Waals surface area contributed by atoms with E-state index in [1.54, 1.807) is 7.11 Å². The van der Waals surface area contributed by atoms with E-state index in [1.165, 1.54) is 16.3 Å². The lowest BCUT2D eigenvalue weighted by Gasteiger charge is -2.39. The molecular formula is C37H46N2O5Si. The largest absolute Gasteiger partial charge is 0.497 e. The van der Waals surface area contributed by atoms with Crippen LogP contribution in [0.5, 0.6) is 5.75 Å². The van der Waals surface area contributed by atoms with Gasteiger partial charge in [-0.05, 0) is 71.7 Å². The summed E-state index contributed by atoms with van der Waals surface area (Å²) in [6.07, 6.45) is 3.19. The van der Waals surface area contributed by atoms with Crippen molar-refractivity contribution in [1.82, 2.24) is 4.90 Å². The van der Waals surface area contributed by atoms with E-state index in [1.807, 2.05) is 46.2 Å². The zero-order valence-corrected chi connectivity index (χ0v) is 27.9. The van der Waals surface area contributed by atoms with Crippen molar-refractivity contribution in [3.05, 3.63) is 89.5 Å². The average molecular weight is 627 g/mol. The van der Waals surface area contributed by atoms with Gasteiger partial charge in [-0.15, -0.1) is 0 Å². The second-order valence-corrected chi connectivity index (χ2v) is 18.3. The molecule has 0 aliphatic carbocycles. The summed E-state index contributed by atoms with van der Waals surface area (Å²) in [6.45, 7) is 8.39. The number of carbonyl (C=O) groups excluding carboxylic acids is 2. The van der Waals surface area contributed by atoms with E-state index in [0.29, 0.717) is 25.8 Å². The van der Waals surface area contributed by atoms with Crippen LogP contribution in [-0.2, 0) is 33.7 Å². The number of hydrogen-bond donors (Lipinski definition) is 1. The molecule has 238 valence electrons. The molecule has 0 bridgehead atoms. The van der Waals surface area contributed by atoms with E-state index in [0.717, 1.165) is 36.4 Å². The Bertz CT molecular complexity index is 1510. The van der Waals surface area contributed by atoms with Gasteiger partial charge >= 0.3 is 0 Å². The number of amides is 2. The van der Waals surface area contributed by atoms with E-state index in [4.69, 9.17) is 9.47 Å². The lowest BCUT2D eigenvalue weighted by Crippen LogP contribution is -2.52. The molecule has 0 spiro atoms. The number of ether oxygens (including phenoxy) is 2. The number of hydrogen-bond acceptors (Lipinski definition) is 5. The van der Waals surface area contributed by atoms with Crippen LogP contribution in [0.25, 0.3) is 0 Å². The number of aryl methyl sites for hydroxylation is 1. The van der Waals surface area contributed by atoms with Crippen LogP contribution < -0.4 is 14.8 Å². The fourth-order valence-corrected chi connectivity index (χ4v) is 12.0. The fraction of sp³-hybridized carbons (Fsp3) is 0.459. The topological polar surface area (TPSA) is 79.3 Å². The number of aliphatic hydroxyl groups excluding tert-OH is 1. The van der Waals surface area contributed by atoms with Gasteiger partial charge in [-0.1, -0.05) is 73.7 Å². The van der Waals surface area contributed by atoms with Gasteiger partial charge in [0.2, 0.25) is 11.8 Å². The quantitative estimate of drug-likeness (QED) is 0.251. The zero-order chi connectivity index (χ0) is 31.7. The first-order valence-electron chi connectivity index (χ1n) is 16.4. The smallest absolute Gasteiger partial charge is 0.228 e. The summed E-state index contributed by atoms with van der Waals surface area (Å²) in [5, 5.41) is 11.6. The molecule has 1 N–H and O–H groups in total. The highest BCUT2D eigenvalue weighted by atomic mass is 28.3. The number of aliphatic hydroxyl groups is 1. The van der Waals surface area contributed by atoms with Crippen LogP contribution in [0.1, 0.15) is 42.9 Å². The Morgan fingerprint density at radius 3 is 2.33 bits per heavy atom. The Balaban J connectivity index is 1.21. The number of carbonyl (C=O) groups is 2. The number of β-lactam (4-membered cyclic amide) rings is 1. The highest BCUT2D eigenvalue weighted by Crippen LogP contribution is 2.47. The summed E-state index contributed by atoms with van der Waals surface area (Å²) in [5.41, 5.74) is 4.80. The number of nitrogens with zero attached hydrogens (tertiary/aromatic N) is 2. The summed E-state index contributed by atoms with van der Waals surface area (Å²) in [6, 6.07) is 24.8. The summed E-state index contributed by atoms with van der Waals surface area (Å²) in [5.74, 6) is 1.36. The molecular weight excluding hydrogens is 581 g/mol. The van der Waals surface area contributed by atoms with Crippen LogP contribution in [0, 0.1) is 5.92 Å². The molecule has 3 aliphatic heterocycles. The second-order valence-electron chi connectivity index (χ2n) is 13.6. The van der Waals surface area contributed by atoms with Crippen LogP contribution in [0.15, 0.2) is 72.8 Å². The minimum atomic E-state index is -2.12. The Morgan fingerprint density at radius 1 is 1.00 bits per heavy atom. The van der Waals surface area contributed by atoms with Gasteiger partial charge in [0.1, 0.15) is 5.75 Å². The first-order valence-corrected chi connectivity index (χ1v) is 19.4. The van der Waals surface area contributed by atoms with Crippen molar-refractivity contribution in [2.75, 3.05) is 25.2 Å². The van der Waals surface area contributed by atoms with Crippen molar-refractivity contribution in [2.24, 2.45) is 5.92 Å². The van der Waals surface area contributed by atoms with Gasteiger partial charge in [0, 0.05) is 25.2 Å². The highest BCUT2D eigenvalue weighted by molar-refractivity contribution is 6.91. The molecule has 5 atom stereocenters. The summed E-state index contributed by atoms with van der Waals surface area (Å²) in [7, 11) is -0.432. The van der Waals surface area contributed by atoms with Crippen LogP contribution in [-0.4, -0.2) is 68.4 Å². The number of anilines is 1. The zero-order valence-electron chi connectivity index (χ0n) is 26.9. The van der Waals surface area contributed by atoms with Gasteiger partial charge in [0.25, 0.3) is 0 Å². The van der Waals surface area contributed by atoms with Crippen molar-refractivity contribution in [3.8, 4) is 5.75 Å². The van der Waals surface area contributed by atoms with Crippen molar-refractivity contribution < 1.29 is 24.2 Å². The van der Waals surface area contributed by atoms with Gasteiger partial charge in [-0.2, -0.15) is 0 Å². The van der Waals surface area contributed by atoms with E-state index >= 15 is 0 Å². The lowest BCUT2D eigenvalue weighted by atomic mass is 9.93. The molecule has 6 rings (SSSR count). The maximum absolute atomic E-state index is 14.1. The van der Waals surface area contributed by atoms with Crippen LogP contribution in [0.3, 0.4) is 0 Å². The second kappa shape index (κ2) is 13.1. The third-order valence-corrected chi connectivity index (χ3v) is 15.0. The summed E-state index contributed by atoms with van der Waals surface area (Å²) < 4.78 is 12.4. The molecule has 3 aromatic carbocycles. The monoisotopic (exact) mass is 626 g/mol. The van der Waals surface area contributed by atoms with Crippen molar-refractivity contribution in [3.63, 3.8) is 0 Å². The molecule has 0 radical (unpaired) electrons. The van der Waals surface area contributed by atoms with Gasteiger partial charge in [-0.3, -0.25) is 9.59 Å². The molecule has 3 aromatic rings. The fourth-order valence-electron chi connectivity index (χ4n) is 7.92. The first kappa shape index (κ1) is 31.5. The minimum Gasteiger partial charge on any atom is -0.497 e. The van der Waals surface area contributed by atoms with Crippen LogP contribution in [0.2, 0.25) is 18.6 Å². The Labute approximate surface area is 268 Å². The first-order chi connectivity index (χ1) is 21.7. The Kier molecular flexibility index (Phi) is 9.18. The van der Waals surface area contributed by atoms with Gasteiger partial charge in [0.05, 0.1) is 46.5 Å². The molecule has 3 aliphatic rings. The van der Waals surface area contributed by atoms with E-state index < -0.39 is 8.07 Å². The van der Waals surface area contributed by atoms with Crippen molar-refractivity contribution >= 4 is 30.8 Å². The molecule has 7 nitrogen and oxygen atoms in total. The maximum atomic E-state index is 14.1. The van der Waals surface area contributed by atoms with Crippen LogP contribution in [0.4, 0.5) is 5.69 Å². The number of methoxy groups -OCH3 is 1. The summed E-state index contributed by atoms with van der Waals surface area (Å²) >= 11 is 0. The molecule has 2 fully saturated rings. The predicted octanol–water partition coefficient (Wildman–Crippen LogP) is 5.09. The van der Waals surface area contributed by atoms with Crippen molar-refractivity contribution in [2.45, 2.75) is 82.5 Å². The average Bonchev–Trinajstić information content (AvgIpc) is 3.37. The van der Waals surface area contributed by atoms with Gasteiger partial charge < -0.3 is 24.4 Å². The van der Waals surface area contributed by atoms with E-state index in [2.05, 4.69) is 56.4 Å². The molecule has 2 saturated heterocycles. The van der Waals surface area contributed by atoms with Gasteiger partial charge in [0.15, 0.2) is 0 Å². The van der Waals surface area contributed by atoms with Crippen molar-refractivity contribution in [1.29, 1.82) is 0 Å². The van der Waals surface area contributed by atoms with E-state index in [-0.39, 0.29) is 48.1 Å². The predicted molar refractivity (Wildman–Crippen MR) is 180 cm³/mol. The molecule has 0 aromatic heterocycles. The number of rotatable bonds is 10.